The second-order valence-electron chi connectivity index (χ2n) is 3.88. The smallest absolute Gasteiger partial charge is 0.120 e. The fourth-order valence-corrected chi connectivity index (χ4v) is 1.69. The van der Waals surface area contributed by atoms with E-state index in [1.807, 2.05) is 42.5 Å². The molecular formula is C16H14ClNO. The first-order valence-electron chi connectivity index (χ1n) is 6.06. The van der Waals surface area contributed by atoms with E-state index >= 15 is 0 Å². The molecule has 2 nitrogen and oxygen atoms in total. The van der Waals surface area contributed by atoms with Gasteiger partial charge in [-0.2, -0.15) is 0 Å². The van der Waals surface area contributed by atoms with Crippen LogP contribution in [-0.2, 0) is 6.42 Å². The van der Waals surface area contributed by atoms with Crippen LogP contribution >= 0.6 is 11.6 Å². The highest BCUT2D eigenvalue weighted by molar-refractivity contribution is 6.19. The zero-order valence-electron chi connectivity index (χ0n) is 10.5. The third kappa shape index (κ3) is 4.65. The number of aromatic nitrogens is 1. The predicted octanol–water partition coefficient (Wildman–Crippen LogP) is 3.29. The van der Waals surface area contributed by atoms with E-state index in [2.05, 4.69) is 16.8 Å². The van der Waals surface area contributed by atoms with Crippen molar-refractivity contribution in [3.05, 3.63) is 59.9 Å². The Hall–Kier alpha value is -1.98. The van der Waals surface area contributed by atoms with Gasteiger partial charge >= 0.3 is 0 Å². The molecule has 0 spiro atoms. The minimum Gasteiger partial charge on any atom is -0.493 e. The Morgan fingerprint density at radius 1 is 1.16 bits per heavy atom. The molecule has 2 rings (SSSR count). The van der Waals surface area contributed by atoms with Gasteiger partial charge in [0.05, 0.1) is 12.5 Å². The highest BCUT2D eigenvalue weighted by atomic mass is 35.5. The van der Waals surface area contributed by atoms with Gasteiger partial charge in [0, 0.05) is 23.9 Å². The van der Waals surface area contributed by atoms with E-state index in [4.69, 9.17) is 16.3 Å². The van der Waals surface area contributed by atoms with Gasteiger partial charge in [0.2, 0.25) is 0 Å². The SMILES string of the molecule is ClCC#Cc1cccc(OCCc2ccccn2)c1. The maximum absolute atomic E-state index is 5.69. The lowest BCUT2D eigenvalue weighted by Crippen LogP contribution is -2.02. The number of rotatable bonds is 4. The Bertz CT molecular complexity index is 572. The normalized spacial score (nSPS) is 9.53. The fourth-order valence-electron chi connectivity index (χ4n) is 1.62. The maximum atomic E-state index is 5.69. The summed E-state index contributed by atoms with van der Waals surface area (Å²) in [6.07, 6.45) is 2.58. The van der Waals surface area contributed by atoms with Gasteiger partial charge in [-0.25, -0.2) is 0 Å². The summed E-state index contributed by atoms with van der Waals surface area (Å²) in [7, 11) is 0. The molecule has 0 N–H and O–H groups in total. The van der Waals surface area contributed by atoms with E-state index in [0.29, 0.717) is 12.5 Å². The molecule has 0 amide bonds. The summed E-state index contributed by atoms with van der Waals surface area (Å²) in [5, 5.41) is 0. The van der Waals surface area contributed by atoms with Crippen LogP contribution in [-0.4, -0.2) is 17.5 Å². The fraction of sp³-hybridized carbons (Fsp3) is 0.188. The summed E-state index contributed by atoms with van der Waals surface area (Å²) in [4.78, 5) is 4.25. The van der Waals surface area contributed by atoms with E-state index in [9.17, 15) is 0 Å². The molecule has 2 aromatic rings. The molecule has 0 saturated heterocycles. The van der Waals surface area contributed by atoms with Gasteiger partial charge in [0.15, 0.2) is 0 Å². The molecule has 1 aromatic heterocycles. The summed E-state index contributed by atoms with van der Waals surface area (Å²) in [5.41, 5.74) is 1.94. The standard InChI is InChI=1S/C16H14ClNO/c17-10-4-6-14-5-3-8-16(13-14)19-12-9-15-7-1-2-11-18-15/h1-3,5,7-8,11,13H,9-10,12H2. The molecule has 0 radical (unpaired) electrons. The van der Waals surface area contributed by atoms with Gasteiger partial charge in [0.25, 0.3) is 0 Å². The molecular weight excluding hydrogens is 258 g/mol. The predicted molar refractivity (Wildman–Crippen MR) is 77.5 cm³/mol. The monoisotopic (exact) mass is 271 g/mol. The lowest BCUT2D eigenvalue weighted by Gasteiger charge is -2.06. The van der Waals surface area contributed by atoms with Gasteiger partial charge in [-0.15, -0.1) is 11.6 Å². The number of ether oxygens (including phenoxy) is 1. The van der Waals surface area contributed by atoms with Crippen molar-refractivity contribution in [2.45, 2.75) is 6.42 Å². The Balaban J connectivity index is 1.89. The van der Waals surface area contributed by atoms with Crippen LogP contribution in [0.3, 0.4) is 0 Å². The number of benzene rings is 1. The van der Waals surface area contributed by atoms with Crippen molar-refractivity contribution in [2.24, 2.45) is 0 Å². The third-order valence-electron chi connectivity index (χ3n) is 2.49. The average Bonchev–Trinajstić information content (AvgIpc) is 2.47. The first-order chi connectivity index (χ1) is 9.38. The molecule has 1 heterocycles. The molecule has 96 valence electrons. The zero-order chi connectivity index (χ0) is 13.3. The molecule has 0 fully saturated rings. The first kappa shape index (κ1) is 13.5. The highest BCUT2D eigenvalue weighted by Crippen LogP contribution is 2.12. The molecule has 0 unspecified atom stereocenters. The summed E-state index contributed by atoms with van der Waals surface area (Å²) in [6.45, 7) is 0.601. The Labute approximate surface area is 118 Å². The lowest BCUT2D eigenvalue weighted by atomic mass is 10.2. The van der Waals surface area contributed by atoms with Crippen LogP contribution < -0.4 is 4.74 Å². The Morgan fingerprint density at radius 3 is 2.89 bits per heavy atom. The van der Waals surface area contributed by atoms with Crippen molar-refractivity contribution in [1.82, 2.24) is 4.98 Å². The zero-order valence-corrected chi connectivity index (χ0v) is 11.2. The highest BCUT2D eigenvalue weighted by Gasteiger charge is 1.97. The number of hydrogen-bond donors (Lipinski definition) is 0. The molecule has 3 heteroatoms. The Kier molecular flexibility index (Phi) is 5.28. The molecule has 1 aromatic carbocycles. The summed E-state index contributed by atoms with van der Waals surface area (Å²) in [5.74, 6) is 6.95. The van der Waals surface area contributed by atoms with Crippen molar-refractivity contribution in [3.63, 3.8) is 0 Å². The van der Waals surface area contributed by atoms with Crippen molar-refractivity contribution < 1.29 is 4.74 Å². The second kappa shape index (κ2) is 7.45. The van der Waals surface area contributed by atoms with Gasteiger partial charge in [0.1, 0.15) is 5.75 Å². The number of alkyl halides is 1. The van der Waals surface area contributed by atoms with Crippen LogP contribution in [0.5, 0.6) is 5.75 Å². The van der Waals surface area contributed by atoms with Crippen LogP contribution in [0.2, 0.25) is 0 Å². The minimum absolute atomic E-state index is 0.338. The quantitative estimate of drug-likeness (QED) is 0.629. The minimum atomic E-state index is 0.338. The van der Waals surface area contributed by atoms with Gasteiger partial charge < -0.3 is 4.74 Å². The van der Waals surface area contributed by atoms with E-state index < -0.39 is 0 Å². The molecule has 0 aliphatic carbocycles. The van der Waals surface area contributed by atoms with Crippen molar-refractivity contribution >= 4 is 11.6 Å². The molecule has 0 atom stereocenters. The number of nitrogens with zero attached hydrogens (tertiary/aromatic N) is 1. The summed E-state index contributed by atoms with van der Waals surface area (Å²) < 4.78 is 5.69. The molecule has 0 saturated carbocycles. The van der Waals surface area contributed by atoms with Crippen molar-refractivity contribution in [2.75, 3.05) is 12.5 Å². The molecule has 0 aliphatic rings. The average molecular weight is 272 g/mol. The van der Waals surface area contributed by atoms with Gasteiger partial charge in [-0.1, -0.05) is 24.0 Å². The molecule has 0 aliphatic heterocycles. The number of pyridine rings is 1. The van der Waals surface area contributed by atoms with Crippen LogP contribution in [0.15, 0.2) is 48.7 Å². The topological polar surface area (TPSA) is 22.1 Å². The van der Waals surface area contributed by atoms with Crippen molar-refractivity contribution in [3.8, 4) is 17.6 Å². The van der Waals surface area contributed by atoms with Gasteiger partial charge in [-0.3, -0.25) is 4.98 Å². The van der Waals surface area contributed by atoms with E-state index in [0.717, 1.165) is 23.4 Å². The van der Waals surface area contributed by atoms with E-state index in [1.165, 1.54) is 0 Å². The maximum Gasteiger partial charge on any atom is 0.120 e. The largest absolute Gasteiger partial charge is 0.493 e. The van der Waals surface area contributed by atoms with Crippen LogP contribution in [0, 0.1) is 11.8 Å². The second-order valence-corrected chi connectivity index (χ2v) is 4.15. The van der Waals surface area contributed by atoms with Crippen LogP contribution in [0.25, 0.3) is 0 Å². The van der Waals surface area contributed by atoms with Gasteiger partial charge in [-0.05, 0) is 30.3 Å². The lowest BCUT2D eigenvalue weighted by molar-refractivity contribution is 0.320. The summed E-state index contributed by atoms with van der Waals surface area (Å²) in [6, 6.07) is 13.6. The van der Waals surface area contributed by atoms with Crippen LogP contribution in [0.4, 0.5) is 0 Å². The van der Waals surface area contributed by atoms with Crippen LogP contribution in [0.1, 0.15) is 11.3 Å². The Morgan fingerprint density at radius 2 is 2.11 bits per heavy atom. The molecule has 0 bridgehead atoms. The summed E-state index contributed by atoms with van der Waals surface area (Å²) >= 11 is 5.53. The molecule has 19 heavy (non-hydrogen) atoms. The van der Waals surface area contributed by atoms with E-state index in [1.54, 1.807) is 6.20 Å². The number of halogens is 1. The van der Waals surface area contributed by atoms with Crippen molar-refractivity contribution in [1.29, 1.82) is 0 Å². The first-order valence-corrected chi connectivity index (χ1v) is 6.59. The third-order valence-corrected chi connectivity index (χ3v) is 2.62. The number of hydrogen-bond acceptors (Lipinski definition) is 2. The van der Waals surface area contributed by atoms with E-state index in [-0.39, 0.29) is 0 Å².